The molecule has 4 nitrogen and oxygen atoms in total. The van der Waals surface area contributed by atoms with Crippen LogP contribution in [0.3, 0.4) is 0 Å². The van der Waals surface area contributed by atoms with Crippen molar-refractivity contribution in [2.45, 2.75) is 19.3 Å². The number of aliphatic carboxylic acids is 1. The van der Waals surface area contributed by atoms with Crippen LogP contribution >= 0.6 is 0 Å². The fourth-order valence-corrected chi connectivity index (χ4v) is 2.36. The van der Waals surface area contributed by atoms with Gasteiger partial charge in [0.05, 0.1) is 13.0 Å². The minimum Gasteiger partial charge on any atom is -0.493 e. The fraction of sp³-hybridized carbons (Fsp3) is 0.533. The molecular weight excluding hydrogens is 242 g/mol. The maximum atomic E-state index is 10.5. The molecule has 0 aliphatic carbocycles. The number of ether oxygens (including phenoxy) is 1. The highest BCUT2D eigenvalue weighted by Gasteiger charge is 2.19. The smallest absolute Gasteiger partial charge is 0.304 e. The molecule has 1 aromatic rings. The molecule has 0 radical (unpaired) electrons. The highest BCUT2D eigenvalue weighted by Crippen LogP contribution is 2.19. The van der Waals surface area contributed by atoms with Crippen LogP contribution in [-0.2, 0) is 4.79 Å². The van der Waals surface area contributed by atoms with E-state index in [-0.39, 0.29) is 6.42 Å². The highest BCUT2D eigenvalue weighted by molar-refractivity contribution is 5.66. The molecule has 1 aliphatic rings. The Hall–Kier alpha value is -1.55. The molecule has 104 valence electrons. The number of carbonyl (C=O) groups is 1. The van der Waals surface area contributed by atoms with Crippen LogP contribution in [0.4, 0.5) is 0 Å². The Morgan fingerprint density at radius 3 is 2.58 bits per heavy atom. The molecule has 2 rings (SSSR count). The average Bonchev–Trinajstić information content (AvgIpc) is 2.45. The first-order valence-electron chi connectivity index (χ1n) is 6.86. The predicted molar refractivity (Wildman–Crippen MR) is 73.4 cm³/mol. The number of nitrogens with zero attached hydrogens (tertiary/aromatic N) is 1. The number of likely N-dealkylation sites (tertiary alicyclic amines) is 1. The zero-order valence-corrected chi connectivity index (χ0v) is 11.1. The topological polar surface area (TPSA) is 49.8 Å². The Bertz CT molecular complexity index is 386. The number of hydrogen-bond donors (Lipinski definition) is 1. The number of piperidine rings is 1. The lowest BCUT2D eigenvalue weighted by Crippen LogP contribution is -2.36. The molecule has 0 bridgehead atoms. The summed E-state index contributed by atoms with van der Waals surface area (Å²) in [5, 5.41) is 8.66. The molecule has 0 aromatic heterocycles. The van der Waals surface area contributed by atoms with E-state index in [4.69, 9.17) is 9.84 Å². The number of para-hydroxylation sites is 1. The maximum absolute atomic E-state index is 10.5. The van der Waals surface area contributed by atoms with Crippen LogP contribution < -0.4 is 4.74 Å². The summed E-state index contributed by atoms with van der Waals surface area (Å²) in [7, 11) is 0. The Balaban J connectivity index is 1.65. The van der Waals surface area contributed by atoms with E-state index in [1.54, 1.807) is 0 Å². The van der Waals surface area contributed by atoms with Gasteiger partial charge in [0.1, 0.15) is 5.75 Å². The maximum Gasteiger partial charge on any atom is 0.304 e. The van der Waals surface area contributed by atoms with E-state index in [0.717, 1.165) is 38.3 Å². The minimum atomic E-state index is -0.713. The van der Waals surface area contributed by atoms with Gasteiger partial charge in [0.2, 0.25) is 0 Å². The summed E-state index contributed by atoms with van der Waals surface area (Å²) in [5.41, 5.74) is 0. The molecule has 19 heavy (non-hydrogen) atoms. The van der Waals surface area contributed by atoms with Crippen LogP contribution in [0.15, 0.2) is 30.3 Å². The molecule has 0 saturated carbocycles. The summed E-state index contributed by atoms with van der Waals surface area (Å²) < 4.78 is 5.77. The fourth-order valence-electron chi connectivity index (χ4n) is 2.36. The van der Waals surface area contributed by atoms with Crippen molar-refractivity contribution < 1.29 is 14.6 Å². The summed E-state index contributed by atoms with van der Waals surface area (Å²) in [6.45, 7) is 3.39. The summed E-state index contributed by atoms with van der Waals surface area (Å²) in [4.78, 5) is 12.7. The van der Waals surface area contributed by atoms with Crippen LogP contribution in [0.1, 0.15) is 19.3 Å². The molecule has 4 heteroatoms. The van der Waals surface area contributed by atoms with Gasteiger partial charge in [-0.15, -0.1) is 0 Å². The van der Waals surface area contributed by atoms with Crippen LogP contribution in [0, 0.1) is 5.92 Å². The predicted octanol–water partition coefficient (Wildman–Crippen LogP) is 2.25. The summed E-state index contributed by atoms with van der Waals surface area (Å²) >= 11 is 0. The Kier molecular flexibility index (Phi) is 5.21. The second-order valence-corrected chi connectivity index (χ2v) is 5.05. The lowest BCUT2D eigenvalue weighted by Gasteiger charge is -2.31. The van der Waals surface area contributed by atoms with E-state index in [1.807, 2.05) is 30.3 Å². The van der Waals surface area contributed by atoms with Crippen LogP contribution in [-0.4, -0.2) is 42.2 Å². The van der Waals surface area contributed by atoms with Crippen LogP contribution in [0.2, 0.25) is 0 Å². The third-order valence-corrected chi connectivity index (χ3v) is 3.58. The summed E-state index contributed by atoms with van der Waals surface area (Å²) in [5.74, 6) is 0.798. The minimum absolute atomic E-state index is 0.241. The van der Waals surface area contributed by atoms with Gasteiger partial charge < -0.3 is 14.7 Å². The van der Waals surface area contributed by atoms with E-state index in [0.29, 0.717) is 12.5 Å². The van der Waals surface area contributed by atoms with Crippen molar-refractivity contribution in [3.63, 3.8) is 0 Å². The Morgan fingerprint density at radius 1 is 1.26 bits per heavy atom. The second-order valence-electron chi connectivity index (χ2n) is 5.05. The van der Waals surface area contributed by atoms with Crippen LogP contribution in [0.5, 0.6) is 5.75 Å². The molecule has 1 aromatic carbocycles. The third kappa shape index (κ3) is 4.91. The van der Waals surface area contributed by atoms with Gasteiger partial charge in [0.15, 0.2) is 0 Å². The largest absolute Gasteiger partial charge is 0.493 e. The zero-order valence-electron chi connectivity index (χ0n) is 11.1. The average molecular weight is 263 g/mol. The number of benzene rings is 1. The SMILES string of the molecule is O=C(O)CCN1CCC(COc2ccccc2)CC1. The van der Waals surface area contributed by atoms with Gasteiger partial charge in [0, 0.05) is 6.54 Å². The Morgan fingerprint density at radius 2 is 1.95 bits per heavy atom. The van der Waals surface area contributed by atoms with Crippen molar-refractivity contribution >= 4 is 5.97 Å². The van der Waals surface area contributed by atoms with Crippen molar-refractivity contribution in [2.24, 2.45) is 5.92 Å². The Labute approximate surface area is 114 Å². The first kappa shape index (κ1) is 13.9. The highest BCUT2D eigenvalue weighted by atomic mass is 16.5. The van der Waals surface area contributed by atoms with Crippen LogP contribution in [0.25, 0.3) is 0 Å². The molecule has 1 heterocycles. The van der Waals surface area contributed by atoms with Gasteiger partial charge in [0.25, 0.3) is 0 Å². The van der Waals surface area contributed by atoms with Crippen molar-refractivity contribution in [3.05, 3.63) is 30.3 Å². The zero-order chi connectivity index (χ0) is 13.5. The van der Waals surface area contributed by atoms with Gasteiger partial charge >= 0.3 is 5.97 Å². The lowest BCUT2D eigenvalue weighted by atomic mass is 9.98. The van der Waals surface area contributed by atoms with Crippen molar-refractivity contribution in [3.8, 4) is 5.75 Å². The summed E-state index contributed by atoms with van der Waals surface area (Å²) in [6, 6.07) is 9.88. The van der Waals surface area contributed by atoms with E-state index >= 15 is 0 Å². The molecular formula is C15H21NO3. The molecule has 0 amide bonds. The second kappa shape index (κ2) is 7.14. The lowest BCUT2D eigenvalue weighted by molar-refractivity contribution is -0.137. The van der Waals surface area contributed by atoms with E-state index in [1.165, 1.54) is 0 Å². The third-order valence-electron chi connectivity index (χ3n) is 3.58. The number of rotatable bonds is 6. The molecule has 0 atom stereocenters. The van der Waals surface area contributed by atoms with Gasteiger partial charge in [-0.2, -0.15) is 0 Å². The van der Waals surface area contributed by atoms with Crippen molar-refractivity contribution in [2.75, 3.05) is 26.2 Å². The van der Waals surface area contributed by atoms with E-state index < -0.39 is 5.97 Å². The van der Waals surface area contributed by atoms with E-state index in [9.17, 15) is 4.79 Å². The first-order valence-corrected chi connectivity index (χ1v) is 6.86. The quantitative estimate of drug-likeness (QED) is 0.855. The molecule has 1 aliphatic heterocycles. The standard InChI is InChI=1S/C15H21NO3/c17-15(18)8-11-16-9-6-13(7-10-16)12-19-14-4-2-1-3-5-14/h1-5,13H,6-12H2,(H,17,18). The molecule has 0 spiro atoms. The monoisotopic (exact) mass is 263 g/mol. The molecule has 0 unspecified atom stereocenters. The summed E-state index contributed by atoms with van der Waals surface area (Å²) in [6.07, 6.45) is 2.42. The number of hydrogen-bond acceptors (Lipinski definition) is 3. The van der Waals surface area contributed by atoms with Gasteiger partial charge in [-0.25, -0.2) is 0 Å². The van der Waals surface area contributed by atoms with Crippen molar-refractivity contribution in [1.82, 2.24) is 4.90 Å². The molecule has 1 N–H and O–H groups in total. The van der Waals surface area contributed by atoms with Gasteiger partial charge in [-0.05, 0) is 44.0 Å². The molecule has 1 saturated heterocycles. The normalized spacial score (nSPS) is 17.3. The van der Waals surface area contributed by atoms with Gasteiger partial charge in [-0.3, -0.25) is 4.79 Å². The number of carboxylic acids is 1. The molecule has 1 fully saturated rings. The van der Waals surface area contributed by atoms with Gasteiger partial charge in [-0.1, -0.05) is 18.2 Å². The number of carboxylic acid groups (broad SMARTS) is 1. The first-order chi connectivity index (χ1) is 9.24. The van der Waals surface area contributed by atoms with Crippen molar-refractivity contribution in [1.29, 1.82) is 0 Å². The van der Waals surface area contributed by atoms with E-state index in [2.05, 4.69) is 4.90 Å².